The van der Waals surface area contributed by atoms with Gasteiger partial charge in [-0.25, -0.2) is 12.8 Å². The fourth-order valence-electron chi connectivity index (χ4n) is 2.11. The van der Waals surface area contributed by atoms with Crippen LogP contribution in [0.2, 0.25) is 0 Å². The third-order valence-corrected chi connectivity index (χ3v) is 5.12. The summed E-state index contributed by atoms with van der Waals surface area (Å²) in [5, 5.41) is 12.0. The number of hydrogen-bond donors (Lipinski definition) is 1. The molecule has 1 aromatic rings. The maximum absolute atomic E-state index is 12.8. The lowest BCUT2D eigenvalue weighted by Gasteiger charge is -2.30. The molecule has 5 nitrogen and oxygen atoms in total. The number of hydrogen-bond acceptors (Lipinski definition) is 4. The number of sulfonamides is 1. The zero-order valence-electron chi connectivity index (χ0n) is 10.5. The van der Waals surface area contributed by atoms with Crippen LogP contribution >= 0.6 is 0 Å². The molecule has 0 aromatic heterocycles. The van der Waals surface area contributed by atoms with Crippen molar-refractivity contribution in [2.75, 3.05) is 13.1 Å². The lowest BCUT2D eigenvalue weighted by molar-refractivity contribution is 0.300. The Morgan fingerprint density at radius 2 is 2.00 bits per heavy atom. The highest BCUT2D eigenvalue weighted by molar-refractivity contribution is 7.89. The average Bonchev–Trinajstić information content (AvgIpc) is 2.39. The van der Waals surface area contributed by atoms with Gasteiger partial charge in [0, 0.05) is 25.4 Å². The van der Waals surface area contributed by atoms with Crippen molar-refractivity contribution < 1.29 is 18.0 Å². The van der Waals surface area contributed by atoms with Crippen LogP contribution in [0, 0.1) is 11.7 Å². The molecule has 1 fully saturated rings. The zero-order chi connectivity index (χ0) is 14.0. The highest BCUT2D eigenvalue weighted by Crippen LogP contribution is 2.22. The Kier molecular flexibility index (Phi) is 3.86. The highest BCUT2D eigenvalue weighted by atomic mass is 32.2. The van der Waals surface area contributed by atoms with Crippen LogP contribution in [0.4, 0.5) is 4.39 Å². The maximum Gasteiger partial charge on any atom is 0.243 e. The Labute approximate surface area is 111 Å². The third-order valence-electron chi connectivity index (χ3n) is 3.24. The third kappa shape index (κ3) is 2.76. The van der Waals surface area contributed by atoms with Gasteiger partial charge in [0.05, 0.1) is 10.6 Å². The summed E-state index contributed by atoms with van der Waals surface area (Å²) in [5.41, 5.74) is 0.602. The van der Waals surface area contributed by atoms with Crippen LogP contribution in [0.15, 0.2) is 34.3 Å². The molecule has 0 bridgehead atoms. The standard InChI is InChI=1S/C12H15FN2O3S/c1-9-8-15(7-6-12(9)14-16)19(17,18)11-4-2-10(13)3-5-11/h2-5,9,16H,6-8H2,1H3/b14-12+. The first-order chi connectivity index (χ1) is 8.95. The molecule has 104 valence electrons. The number of halogens is 1. The van der Waals surface area contributed by atoms with Crippen LogP contribution in [-0.4, -0.2) is 36.7 Å². The monoisotopic (exact) mass is 286 g/mol. The fourth-order valence-corrected chi connectivity index (χ4v) is 3.64. The van der Waals surface area contributed by atoms with Gasteiger partial charge < -0.3 is 5.21 Å². The molecular weight excluding hydrogens is 271 g/mol. The van der Waals surface area contributed by atoms with Crippen LogP contribution in [-0.2, 0) is 10.0 Å². The molecule has 1 atom stereocenters. The minimum atomic E-state index is -3.61. The summed E-state index contributed by atoms with van der Waals surface area (Å²) >= 11 is 0. The quantitative estimate of drug-likeness (QED) is 0.664. The molecule has 1 N–H and O–H groups in total. The predicted molar refractivity (Wildman–Crippen MR) is 68.2 cm³/mol. The minimum Gasteiger partial charge on any atom is -0.411 e. The van der Waals surface area contributed by atoms with Crippen molar-refractivity contribution in [3.63, 3.8) is 0 Å². The Bertz CT molecular complexity index is 583. The molecular formula is C12H15FN2O3S. The fraction of sp³-hybridized carbons (Fsp3) is 0.417. The molecule has 7 heteroatoms. The predicted octanol–water partition coefficient (Wildman–Crippen LogP) is 1.69. The van der Waals surface area contributed by atoms with Crippen molar-refractivity contribution in [3.8, 4) is 0 Å². The van der Waals surface area contributed by atoms with Gasteiger partial charge in [0.1, 0.15) is 5.82 Å². The van der Waals surface area contributed by atoms with Gasteiger partial charge in [-0.1, -0.05) is 12.1 Å². The van der Waals surface area contributed by atoms with Gasteiger partial charge in [0.2, 0.25) is 10.0 Å². The molecule has 1 heterocycles. The smallest absolute Gasteiger partial charge is 0.243 e. The lowest BCUT2D eigenvalue weighted by atomic mass is 10.00. The summed E-state index contributed by atoms with van der Waals surface area (Å²) in [6.45, 7) is 2.34. The van der Waals surface area contributed by atoms with Crippen molar-refractivity contribution in [2.24, 2.45) is 11.1 Å². The zero-order valence-corrected chi connectivity index (χ0v) is 11.3. The van der Waals surface area contributed by atoms with E-state index >= 15 is 0 Å². The normalized spacial score (nSPS) is 23.7. The van der Waals surface area contributed by atoms with Gasteiger partial charge in [-0.3, -0.25) is 0 Å². The number of benzene rings is 1. The first kappa shape index (κ1) is 14.0. The first-order valence-electron chi connectivity index (χ1n) is 5.91. The molecule has 0 radical (unpaired) electrons. The van der Waals surface area contributed by atoms with Crippen molar-refractivity contribution in [2.45, 2.75) is 18.2 Å². The van der Waals surface area contributed by atoms with E-state index in [0.29, 0.717) is 12.1 Å². The van der Waals surface area contributed by atoms with E-state index in [2.05, 4.69) is 5.16 Å². The Morgan fingerprint density at radius 3 is 2.53 bits per heavy atom. The summed E-state index contributed by atoms with van der Waals surface area (Å²) in [7, 11) is -3.61. The van der Waals surface area contributed by atoms with Crippen LogP contribution in [0.1, 0.15) is 13.3 Å². The Morgan fingerprint density at radius 1 is 1.37 bits per heavy atom. The van der Waals surface area contributed by atoms with E-state index in [1.54, 1.807) is 6.92 Å². The van der Waals surface area contributed by atoms with Crippen LogP contribution in [0.5, 0.6) is 0 Å². The summed E-state index contributed by atoms with van der Waals surface area (Å²) in [5.74, 6) is -0.602. The summed E-state index contributed by atoms with van der Waals surface area (Å²) in [6.07, 6.45) is 0.401. The van der Waals surface area contributed by atoms with Gasteiger partial charge in [-0.15, -0.1) is 0 Å². The molecule has 0 saturated carbocycles. The number of oxime groups is 1. The largest absolute Gasteiger partial charge is 0.411 e. The number of nitrogens with zero attached hydrogens (tertiary/aromatic N) is 2. The van der Waals surface area contributed by atoms with Crippen LogP contribution in [0.3, 0.4) is 0 Å². The van der Waals surface area contributed by atoms with Crippen molar-refractivity contribution in [1.82, 2.24) is 4.31 Å². The van der Waals surface area contributed by atoms with E-state index in [1.807, 2.05) is 0 Å². The van der Waals surface area contributed by atoms with Crippen LogP contribution in [0.25, 0.3) is 0 Å². The van der Waals surface area contributed by atoms with Crippen molar-refractivity contribution >= 4 is 15.7 Å². The molecule has 1 aliphatic rings. The molecule has 1 unspecified atom stereocenters. The highest BCUT2D eigenvalue weighted by Gasteiger charge is 2.31. The maximum atomic E-state index is 12.8. The van der Waals surface area contributed by atoms with Gasteiger partial charge in [-0.05, 0) is 24.3 Å². The second-order valence-electron chi connectivity index (χ2n) is 4.56. The topological polar surface area (TPSA) is 70.0 Å². The van der Waals surface area contributed by atoms with Gasteiger partial charge in [-0.2, -0.15) is 4.31 Å². The van der Waals surface area contributed by atoms with E-state index < -0.39 is 15.8 Å². The van der Waals surface area contributed by atoms with Gasteiger partial charge >= 0.3 is 0 Å². The summed E-state index contributed by atoms with van der Waals surface area (Å²) < 4.78 is 38.8. The van der Waals surface area contributed by atoms with E-state index in [4.69, 9.17) is 5.21 Å². The summed E-state index contributed by atoms with van der Waals surface area (Å²) in [6, 6.07) is 4.76. The van der Waals surface area contributed by atoms with Gasteiger partial charge in [0.25, 0.3) is 0 Å². The molecule has 0 amide bonds. The molecule has 2 rings (SSSR count). The molecule has 1 aromatic carbocycles. The van der Waals surface area contributed by atoms with Crippen molar-refractivity contribution in [3.05, 3.63) is 30.1 Å². The number of rotatable bonds is 2. The van der Waals surface area contributed by atoms with Crippen LogP contribution < -0.4 is 0 Å². The number of piperidine rings is 1. The van der Waals surface area contributed by atoms with E-state index in [-0.39, 0.29) is 23.9 Å². The SMILES string of the molecule is CC1CN(S(=O)(=O)c2ccc(F)cc2)CC/C1=N\O. The summed E-state index contributed by atoms with van der Waals surface area (Å²) in [4.78, 5) is 0.0745. The van der Waals surface area contributed by atoms with Crippen molar-refractivity contribution in [1.29, 1.82) is 0 Å². The van der Waals surface area contributed by atoms with E-state index in [1.165, 1.54) is 16.4 Å². The van der Waals surface area contributed by atoms with Gasteiger partial charge in [0.15, 0.2) is 0 Å². The Balaban J connectivity index is 2.24. The molecule has 1 saturated heterocycles. The molecule has 0 spiro atoms. The Hall–Kier alpha value is -1.47. The lowest BCUT2D eigenvalue weighted by Crippen LogP contribution is -2.43. The average molecular weight is 286 g/mol. The second-order valence-corrected chi connectivity index (χ2v) is 6.50. The molecule has 19 heavy (non-hydrogen) atoms. The first-order valence-corrected chi connectivity index (χ1v) is 7.35. The second kappa shape index (κ2) is 5.26. The van der Waals surface area contributed by atoms with E-state index in [9.17, 15) is 12.8 Å². The van der Waals surface area contributed by atoms with E-state index in [0.717, 1.165) is 12.1 Å². The minimum absolute atomic E-state index is 0.0745. The molecule has 0 aliphatic carbocycles. The molecule has 1 aliphatic heterocycles.